The number of aromatic nitrogens is 2. The van der Waals surface area contributed by atoms with E-state index in [9.17, 15) is 0 Å². The van der Waals surface area contributed by atoms with E-state index >= 15 is 0 Å². The fourth-order valence-electron chi connectivity index (χ4n) is 1.43. The van der Waals surface area contributed by atoms with E-state index in [2.05, 4.69) is 22.2 Å². The third-order valence-electron chi connectivity index (χ3n) is 2.17. The number of methoxy groups -OCH3 is 1. The molecule has 0 unspecified atom stereocenters. The van der Waals surface area contributed by atoms with Gasteiger partial charge in [-0.2, -0.15) is 0 Å². The Bertz CT molecular complexity index is 320. The Labute approximate surface area is 101 Å². The molecule has 1 N–H and O–H groups in total. The molecule has 0 aromatic carbocycles. The summed E-state index contributed by atoms with van der Waals surface area (Å²) in [5.74, 6) is 1.87. The van der Waals surface area contributed by atoms with Gasteiger partial charge in [0.25, 0.3) is 0 Å². The summed E-state index contributed by atoms with van der Waals surface area (Å²) < 4.78 is 5.04. The molecule has 0 aliphatic rings. The van der Waals surface area contributed by atoms with Crippen LogP contribution in [0.1, 0.15) is 18.9 Å². The van der Waals surface area contributed by atoms with Crippen molar-refractivity contribution in [2.24, 2.45) is 0 Å². The molecule has 0 saturated carbocycles. The second kappa shape index (κ2) is 7.46. The van der Waals surface area contributed by atoms with Gasteiger partial charge in [0.05, 0.1) is 6.61 Å². The van der Waals surface area contributed by atoms with Crippen LogP contribution in [0, 0.1) is 0 Å². The first kappa shape index (κ1) is 13.3. The molecule has 16 heavy (non-hydrogen) atoms. The van der Waals surface area contributed by atoms with E-state index in [1.54, 1.807) is 25.2 Å². The summed E-state index contributed by atoms with van der Waals surface area (Å²) in [5, 5.41) is 4.18. The first-order valence-corrected chi connectivity index (χ1v) is 6.45. The Kier molecular flexibility index (Phi) is 6.18. The van der Waals surface area contributed by atoms with Gasteiger partial charge in [0.15, 0.2) is 0 Å². The van der Waals surface area contributed by atoms with E-state index in [1.807, 2.05) is 7.05 Å². The molecule has 0 fully saturated rings. The summed E-state index contributed by atoms with van der Waals surface area (Å²) in [7, 11) is 3.61. The summed E-state index contributed by atoms with van der Waals surface area (Å²) in [5.41, 5.74) is 1.22. The lowest BCUT2D eigenvalue weighted by Gasteiger charge is -2.11. The molecular weight excluding hydrogens is 222 g/mol. The Morgan fingerprint density at radius 3 is 2.88 bits per heavy atom. The second-order valence-corrected chi connectivity index (χ2v) is 4.43. The first-order chi connectivity index (χ1) is 7.83. The van der Waals surface area contributed by atoms with Gasteiger partial charge in [0.1, 0.15) is 17.2 Å². The number of nitrogens with one attached hydrogen (secondary N) is 1. The van der Waals surface area contributed by atoms with Crippen LogP contribution in [-0.4, -0.2) is 36.5 Å². The van der Waals surface area contributed by atoms with E-state index in [-0.39, 0.29) is 0 Å². The maximum absolute atomic E-state index is 5.04. The minimum Gasteiger partial charge on any atom is -0.384 e. The van der Waals surface area contributed by atoms with Crippen molar-refractivity contribution >= 4 is 17.6 Å². The number of thioether (sulfide) groups is 1. The van der Waals surface area contributed by atoms with Crippen molar-refractivity contribution in [3.05, 3.63) is 11.9 Å². The van der Waals surface area contributed by atoms with Crippen LogP contribution >= 0.6 is 11.8 Å². The third kappa shape index (κ3) is 3.64. The average molecular weight is 241 g/mol. The van der Waals surface area contributed by atoms with E-state index in [4.69, 9.17) is 4.74 Å². The van der Waals surface area contributed by atoms with Crippen LogP contribution in [0.5, 0.6) is 0 Å². The third-order valence-corrected chi connectivity index (χ3v) is 3.16. The molecule has 4 nitrogen and oxygen atoms in total. The standard InChI is InChI=1S/C11H19N3OS/c1-4-5-9-10(12-2)13-8-14-11(9)16-7-6-15-3/h8H,4-7H2,1-3H3,(H,12,13,14). The predicted molar refractivity (Wildman–Crippen MR) is 68.2 cm³/mol. The molecule has 0 aliphatic heterocycles. The quantitative estimate of drug-likeness (QED) is 0.450. The Morgan fingerprint density at radius 2 is 2.25 bits per heavy atom. The van der Waals surface area contributed by atoms with Crippen molar-refractivity contribution in [2.75, 3.05) is 31.8 Å². The number of nitrogens with zero attached hydrogens (tertiary/aromatic N) is 2. The second-order valence-electron chi connectivity index (χ2n) is 3.35. The molecule has 0 spiro atoms. The number of rotatable bonds is 7. The fraction of sp³-hybridized carbons (Fsp3) is 0.636. The molecule has 0 bridgehead atoms. The number of hydrogen-bond donors (Lipinski definition) is 1. The fourth-order valence-corrected chi connectivity index (χ4v) is 2.37. The SMILES string of the molecule is CCCc1c(NC)ncnc1SCCOC. The van der Waals surface area contributed by atoms with Gasteiger partial charge in [0.2, 0.25) is 0 Å². The van der Waals surface area contributed by atoms with E-state index in [0.717, 1.165) is 36.0 Å². The minimum absolute atomic E-state index is 0.745. The van der Waals surface area contributed by atoms with Crippen LogP contribution in [0.4, 0.5) is 5.82 Å². The van der Waals surface area contributed by atoms with Crippen LogP contribution in [0.3, 0.4) is 0 Å². The molecule has 0 aliphatic carbocycles. The largest absolute Gasteiger partial charge is 0.384 e. The monoisotopic (exact) mass is 241 g/mol. The van der Waals surface area contributed by atoms with Gasteiger partial charge in [-0.3, -0.25) is 0 Å². The molecular formula is C11H19N3OS. The number of ether oxygens (including phenoxy) is 1. The molecule has 5 heteroatoms. The van der Waals surface area contributed by atoms with Crippen LogP contribution in [-0.2, 0) is 11.2 Å². The highest BCUT2D eigenvalue weighted by Crippen LogP contribution is 2.25. The van der Waals surface area contributed by atoms with Crippen molar-refractivity contribution in [1.29, 1.82) is 0 Å². The molecule has 1 aromatic rings. The average Bonchev–Trinajstić information content (AvgIpc) is 2.31. The summed E-state index contributed by atoms with van der Waals surface area (Å²) >= 11 is 1.72. The molecule has 1 heterocycles. The molecule has 0 atom stereocenters. The summed E-state index contributed by atoms with van der Waals surface area (Å²) in [6.45, 7) is 2.91. The highest BCUT2D eigenvalue weighted by molar-refractivity contribution is 7.99. The van der Waals surface area contributed by atoms with E-state index in [0.29, 0.717) is 0 Å². The van der Waals surface area contributed by atoms with Crippen LogP contribution in [0.15, 0.2) is 11.4 Å². The number of anilines is 1. The van der Waals surface area contributed by atoms with Crippen LogP contribution in [0.25, 0.3) is 0 Å². The zero-order valence-electron chi connectivity index (χ0n) is 10.1. The topological polar surface area (TPSA) is 47.0 Å². The highest BCUT2D eigenvalue weighted by atomic mass is 32.2. The molecule has 90 valence electrons. The molecule has 1 rings (SSSR count). The summed E-state index contributed by atoms with van der Waals surface area (Å²) in [6.07, 6.45) is 3.71. The van der Waals surface area contributed by atoms with Crippen LogP contribution in [0.2, 0.25) is 0 Å². The predicted octanol–water partition coefficient (Wildman–Crippen LogP) is 2.21. The van der Waals surface area contributed by atoms with Crippen molar-refractivity contribution in [1.82, 2.24) is 9.97 Å². The lowest BCUT2D eigenvalue weighted by atomic mass is 10.2. The Balaban J connectivity index is 2.79. The normalized spacial score (nSPS) is 10.4. The van der Waals surface area contributed by atoms with E-state index < -0.39 is 0 Å². The van der Waals surface area contributed by atoms with Gasteiger partial charge in [-0.1, -0.05) is 13.3 Å². The Morgan fingerprint density at radius 1 is 1.44 bits per heavy atom. The molecule has 0 radical (unpaired) electrons. The van der Waals surface area contributed by atoms with E-state index in [1.165, 1.54) is 5.56 Å². The van der Waals surface area contributed by atoms with Crippen molar-refractivity contribution in [3.63, 3.8) is 0 Å². The lowest BCUT2D eigenvalue weighted by molar-refractivity contribution is 0.218. The number of hydrogen-bond acceptors (Lipinski definition) is 5. The van der Waals surface area contributed by atoms with Crippen molar-refractivity contribution in [2.45, 2.75) is 24.8 Å². The molecule has 0 amide bonds. The van der Waals surface area contributed by atoms with Gasteiger partial charge >= 0.3 is 0 Å². The van der Waals surface area contributed by atoms with Gasteiger partial charge in [-0.05, 0) is 6.42 Å². The van der Waals surface area contributed by atoms with Gasteiger partial charge in [-0.15, -0.1) is 11.8 Å². The minimum atomic E-state index is 0.745. The van der Waals surface area contributed by atoms with Gasteiger partial charge < -0.3 is 10.1 Å². The summed E-state index contributed by atoms with van der Waals surface area (Å²) in [6, 6.07) is 0. The lowest BCUT2D eigenvalue weighted by Crippen LogP contribution is -2.03. The molecule has 1 aromatic heterocycles. The van der Waals surface area contributed by atoms with Crippen molar-refractivity contribution in [3.8, 4) is 0 Å². The smallest absolute Gasteiger partial charge is 0.133 e. The van der Waals surface area contributed by atoms with Gasteiger partial charge in [0, 0.05) is 25.5 Å². The maximum Gasteiger partial charge on any atom is 0.133 e. The zero-order chi connectivity index (χ0) is 11.8. The van der Waals surface area contributed by atoms with Gasteiger partial charge in [-0.25, -0.2) is 9.97 Å². The zero-order valence-corrected chi connectivity index (χ0v) is 10.9. The summed E-state index contributed by atoms with van der Waals surface area (Å²) in [4.78, 5) is 8.57. The first-order valence-electron chi connectivity index (χ1n) is 5.46. The maximum atomic E-state index is 5.04. The Hall–Kier alpha value is -0.810. The van der Waals surface area contributed by atoms with Crippen molar-refractivity contribution < 1.29 is 4.74 Å². The highest BCUT2D eigenvalue weighted by Gasteiger charge is 2.09. The molecule has 0 saturated heterocycles. The van der Waals surface area contributed by atoms with Crippen LogP contribution < -0.4 is 5.32 Å².